The van der Waals surface area contributed by atoms with Gasteiger partial charge in [0.25, 0.3) is 5.91 Å². The van der Waals surface area contributed by atoms with Crippen LogP contribution >= 0.6 is 0 Å². The van der Waals surface area contributed by atoms with Crippen molar-refractivity contribution in [2.75, 3.05) is 20.6 Å². The smallest absolute Gasteiger partial charge is 0.251 e. The van der Waals surface area contributed by atoms with Crippen LogP contribution in [0.5, 0.6) is 0 Å². The topological polar surface area (TPSA) is 88.3 Å². The van der Waals surface area contributed by atoms with Gasteiger partial charge in [-0.05, 0) is 68.1 Å². The van der Waals surface area contributed by atoms with Gasteiger partial charge in [-0.3, -0.25) is 14.6 Å². The molecule has 0 aliphatic heterocycles. The van der Waals surface area contributed by atoms with E-state index < -0.39 is 11.7 Å². The van der Waals surface area contributed by atoms with Crippen molar-refractivity contribution in [2.45, 2.75) is 44.1 Å². The zero-order valence-corrected chi connectivity index (χ0v) is 18.2. The predicted octanol–water partition coefficient (Wildman–Crippen LogP) is 2.88. The number of carbonyl (C=O) groups excluding carboxylic acids is 2. The summed E-state index contributed by atoms with van der Waals surface area (Å²) in [7, 11) is 3.85. The fraction of sp³-hybridized carbons (Fsp3) is 0.458. The third kappa shape index (κ3) is 6.85. The third-order valence-electron chi connectivity index (χ3n) is 5.94. The maximum absolute atomic E-state index is 14.1. The Morgan fingerprint density at radius 2 is 2.06 bits per heavy atom. The number of primary amides is 1. The molecule has 1 aliphatic rings. The first-order valence-corrected chi connectivity index (χ1v) is 10.7. The summed E-state index contributed by atoms with van der Waals surface area (Å²) in [6, 6.07) is 8.40. The Morgan fingerprint density at radius 1 is 1.29 bits per heavy atom. The molecule has 3 N–H and O–H groups in total. The lowest BCUT2D eigenvalue weighted by molar-refractivity contribution is -0.121. The summed E-state index contributed by atoms with van der Waals surface area (Å²) in [5.74, 6) is -0.502. The molecule has 2 atom stereocenters. The van der Waals surface area contributed by atoms with E-state index in [1.165, 1.54) is 25.0 Å². The number of pyridine rings is 1. The van der Waals surface area contributed by atoms with E-state index >= 15 is 0 Å². The number of amides is 2. The molecule has 166 valence electrons. The number of nitrogens with zero attached hydrogens (tertiary/aromatic N) is 2. The van der Waals surface area contributed by atoms with Crippen molar-refractivity contribution < 1.29 is 14.0 Å². The molecule has 1 aromatic carbocycles. The number of carbonyl (C=O) groups is 2. The van der Waals surface area contributed by atoms with E-state index in [4.69, 9.17) is 5.73 Å². The summed E-state index contributed by atoms with van der Waals surface area (Å²) >= 11 is 0. The first kappa shape index (κ1) is 22.9. The molecule has 1 aliphatic carbocycles. The van der Waals surface area contributed by atoms with Crippen LogP contribution in [0.4, 0.5) is 4.39 Å². The lowest BCUT2D eigenvalue weighted by Crippen LogP contribution is -2.42. The predicted molar refractivity (Wildman–Crippen MR) is 118 cm³/mol. The molecule has 0 saturated heterocycles. The molecule has 1 fully saturated rings. The minimum Gasteiger partial charge on any atom is -0.366 e. The molecule has 0 spiro atoms. The molecule has 0 bridgehead atoms. The normalized spacial score (nSPS) is 15.5. The second kappa shape index (κ2) is 10.5. The third-order valence-corrected chi connectivity index (χ3v) is 5.94. The molecule has 0 radical (unpaired) electrons. The number of nitrogens with two attached hydrogens (primary N) is 1. The highest BCUT2D eigenvalue weighted by atomic mass is 19.1. The van der Waals surface area contributed by atoms with Crippen molar-refractivity contribution in [1.82, 2.24) is 15.2 Å². The Balaban J connectivity index is 1.58. The average molecular weight is 427 g/mol. The zero-order valence-electron chi connectivity index (χ0n) is 18.2. The standard InChI is InChI=1S/C24H31FN4O2/c1-29(2)20(11-17-7-8-21(24(26)31)22(25)12-17)15-28-23(30)13-19(10-16-5-6-16)18-4-3-9-27-14-18/h3-4,7-9,12,14,16,19-20H,5-6,10-11,13,15H2,1-2H3,(H2,26,31)(H,28,30)/t19-,20-/m0/s1. The molecule has 2 amide bonds. The van der Waals surface area contributed by atoms with Gasteiger partial charge in [0.15, 0.2) is 0 Å². The molecular weight excluding hydrogens is 395 g/mol. The number of halogens is 1. The van der Waals surface area contributed by atoms with E-state index in [0.29, 0.717) is 25.3 Å². The molecule has 0 unspecified atom stereocenters. The Bertz CT molecular complexity index is 900. The van der Waals surface area contributed by atoms with Crippen molar-refractivity contribution >= 4 is 11.8 Å². The van der Waals surface area contributed by atoms with E-state index in [2.05, 4.69) is 10.3 Å². The molecule has 1 heterocycles. The maximum atomic E-state index is 14.1. The Hall–Kier alpha value is -2.80. The number of aromatic nitrogens is 1. The van der Waals surface area contributed by atoms with E-state index in [1.54, 1.807) is 12.3 Å². The van der Waals surface area contributed by atoms with Gasteiger partial charge < -0.3 is 16.0 Å². The summed E-state index contributed by atoms with van der Waals surface area (Å²) < 4.78 is 14.1. The monoisotopic (exact) mass is 426 g/mol. The van der Waals surface area contributed by atoms with Crippen molar-refractivity contribution in [3.8, 4) is 0 Å². The van der Waals surface area contributed by atoms with Crippen LogP contribution in [0.3, 0.4) is 0 Å². The van der Waals surface area contributed by atoms with Gasteiger partial charge in [-0.1, -0.05) is 25.0 Å². The van der Waals surface area contributed by atoms with Gasteiger partial charge in [0.2, 0.25) is 5.91 Å². The first-order chi connectivity index (χ1) is 14.8. The Morgan fingerprint density at radius 3 is 2.65 bits per heavy atom. The molecule has 7 heteroatoms. The number of hydrogen-bond donors (Lipinski definition) is 2. The quantitative estimate of drug-likeness (QED) is 0.578. The van der Waals surface area contributed by atoms with Gasteiger partial charge in [0.1, 0.15) is 5.82 Å². The van der Waals surface area contributed by atoms with E-state index in [9.17, 15) is 14.0 Å². The SMILES string of the molecule is CN(C)[C@H](CNC(=O)C[C@H](CC1CC1)c1cccnc1)Cc1ccc(C(N)=O)c(F)c1. The molecule has 1 aromatic heterocycles. The number of rotatable bonds is 11. The molecule has 6 nitrogen and oxygen atoms in total. The molecule has 1 saturated carbocycles. The fourth-order valence-corrected chi connectivity index (χ4v) is 3.83. The van der Waals surface area contributed by atoms with Gasteiger partial charge in [-0.15, -0.1) is 0 Å². The van der Waals surface area contributed by atoms with Crippen molar-refractivity contribution in [2.24, 2.45) is 11.7 Å². The second-order valence-corrected chi connectivity index (χ2v) is 8.67. The van der Waals surface area contributed by atoms with E-state index in [0.717, 1.165) is 17.5 Å². The van der Waals surface area contributed by atoms with Gasteiger partial charge >= 0.3 is 0 Å². The van der Waals surface area contributed by atoms with Crippen molar-refractivity contribution in [1.29, 1.82) is 0 Å². The van der Waals surface area contributed by atoms with Crippen molar-refractivity contribution in [3.63, 3.8) is 0 Å². The van der Waals surface area contributed by atoms with Crippen LogP contribution in [0.2, 0.25) is 0 Å². The average Bonchev–Trinajstić information content (AvgIpc) is 3.55. The Labute approximate surface area is 183 Å². The highest BCUT2D eigenvalue weighted by molar-refractivity contribution is 5.93. The van der Waals surface area contributed by atoms with Gasteiger partial charge in [-0.2, -0.15) is 0 Å². The van der Waals surface area contributed by atoms with Gasteiger partial charge in [0, 0.05) is 31.4 Å². The number of hydrogen-bond acceptors (Lipinski definition) is 4. The minimum atomic E-state index is -0.783. The number of benzene rings is 1. The molecule has 31 heavy (non-hydrogen) atoms. The highest BCUT2D eigenvalue weighted by Gasteiger charge is 2.28. The summed E-state index contributed by atoms with van der Waals surface area (Å²) in [5.41, 5.74) is 6.91. The lowest BCUT2D eigenvalue weighted by Gasteiger charge is -2.25. The second-order valence-electron chi connectivity index (χ2n) is 8.67. The summed E-state index contributed by atoms with van der Waals surface area (Å²) in [4.78, 5) is 30.2. The number of nitrogens with one attached hydrogen (secondary N) is 1. The largest absolute Gasteiger partial charge is 0.366 e. The number of likely N-dealkylation sites (N-methyl/N-ethyl adjacent to an activating group) is 1. The Kier molecular flexibility index (Phi) is 7.74. The molecular formula is C24H31FN4O2. The molecule has 3 rings (SSSR count). The van der Waals surface area contributed by atoms with Gasteiger partial charge in [-0.25, -0.2) is 4.39 Å². The van der Waals surface area contributed by atoms with Crippen LogP contribution in [-0.4, -0.2) is 48.4 Å². The first-order valence-electron chi connectivity index (χ1n) is 10.7. The molecule has 2 aromatic rings. The van der Waals surface area contributed by atoms with Crippen LogP contribution < -0.4 is 11.1 Å². The van der Waals surface area contributed by atoms with Crippen molar-refractivity contribution in [3.05, 3.63) is 65.2 Å². The van der Waals surface area contributed by atoms with Crippen LogP contribution in [0.1, 0.15) is 53.1 Å². The minimum absolute atomic E-state index is 0.0107. The van der Waals surface area contributed by atoms with Crippen LogP contribution in [-0.2, 0) is 11.2 Å². The van der Waals surface area contributed by atoms with Crippen LogP contribution in [0.15, 0.2) is 42.7 Å². The fourth-order valence-electron chi connectivity index (χ4n) is 3.83. The summed E-state index contributed by atoms with van der Waals surface area (Å²) in [6.07, 6.45) is 8.08. The summed E-state index contributed by atoms with van der Waals surface area (Å²) in [5, 5.41) is 3.05. The van der Waals surface area contributed by atoms with E-state index in [-0.39, 0.29) is 23.4 Å². The zero-order chi connectivity index (χ0) is 22.4. The van der Waals surface area contributed by atoms with Crippen LogP contribution in [0.25, 0.3) is 0 Å². The maximum Gasteiger partial charge on any atom is 0.251 e. The van der Waals surface area contributed by atoms with Crippen LogP contribution in [0, 0.1) is 11.7 Å². The van der Waals surface area contributed by atoms with Gasteiger partial charge in [0.05, 0.1) is 5.56 Å². The highest BCUT2D eigenvalue weighted by Crippen LogP contribution is 2.39. The lowest BCUT2D eigenvalue weighted by atomic mass is 9.91. The van der Waals surface area contributed by atoms with E-state index in [1.807, 2.05) is 37.3 Å². The summed E-state index contributed by atoms with van der Waals surface area (Å²) in [6.45, 7) is 0.453.